The zero-order valence-electron chi connectivity index (χ0n) is 17.4. The maximum atomic E-state index is 13.1. The molecule has 7 nitrogen and oxygen atoms in total. The molecule has 2 N–H and O–H groups in total. The number of nitrogens with one attached hydrogen (secondary N) is 2. The molecule has 3 saturated heterocycles. The Morgan fingerprint density at radius 3 is 2.73 bits per heavy atom. The molecule has 0 aromatic heterocycles. The normalized spacial score (nSPS) is 29.9. The Hall–Kier alpha value is -2.25. The first kappa shape index (κ1) is 19.7. The lowest BCUT2D eigenvalue weighted by molar-refractivity contribution is -0.136. The van der Waals surface area contributed by atoms with Crippen LogP contribution in [0.2, 0.25) is 0 Å². The van der Waals surface area contributed by atoms with E-state index in [1.807, 2.05) is 12.1 Å². The van der Waals surface area contributed by atoms with Crippen molar-refractivity contribution >= 4 is 17.7 Å². The average molecular weight is 411 g/mol. The molecule has 1 aromatic carbocycles. The lowest BCUT2D eigenvalue weighted by Crippen LogP contribution is -2.52. The van der Waals surface area contributed by atoms with Crippen molar-refractivity contribution in [1.82, 2.24) is 20.4 Å². The first-order valence-corrected chi connectivity index (χ1v) is 11.3. The van der Waals surface area contributed by atoms with Crippen molar-refractivity contribution < 1.29 is 14.4 Å². The van der Waals surface area contributed by atoms with Gasteiger partial charge in [0.2, 0.25) is 11.8 Å². The van der Waals surface area contributed by atoms with Gasteiger partial charge in [-0.2, -0.15) is 0 Å². The molecule has 160 valence electrons. The fraction of sp³-hybridized carbons (Fsp3) is 0.609. The smallest absolute Gasteiger partial charge is 0.255 e. The first-order chi connectivity index (χ1) is 14.6. The zero-order chi connectivity index (χ0) is 20.7. The number of imide groups is 1. The summed E-state index contributed by atoms with van der Waals surface area (Å²) in [6.07, 6.45) is 6.97. The molecule has 3 fully saturated rings. The molecule has 7 heteroatoms. The lowest BCUT2D eigenvalue weighted by Gasteiger charge is -2.39. The van der Waals surface area contributed by atoms with Crippen LogP contribution in [0.25, 0.3) is 0 Å². The van der Waals surface area contributed by atoms with Gasteiger partial charge in [-0.05, 0) is 62.4 Å². The van der Waals surface area contributed by atoms with E-state index in [1.54, 1.807) is 4.90 Å². The number of hydrogen-bond acceptors (Lipinski definition) is 5. The van der Waals surface area contributed by atoms with Crippen molar-refractivity contribution in [1.29, 1.82) is 0 Å². The van der Waals surface area contributed by atoms with E-state index in [4.69, 9.17) is 0 Å². The van der Waals surface area contributed by atoms with Gasteiger partial charge in [0, 0.05) is 37.2 Å². The van der Waals surface area contributed by atoms with Gasteiger partial charge in [0.15, 0.2) is 0 Å². The van der Waals surface area contributed by atoms with Crippen molar-refractivity contribution in [2.75, 3.05) is 13.1 Å². The van der Waals surface area contributed by atoms with Crippen LogP contribution in [0.5, 0.6) is 0 Å². The molecular weight excluding hydrogens is 380 g/mol. The van der Waals surface area contributed by atoms with E-state index in [0.717, 1.165) is 30.8 Å². The highest BCUT2D eigenvalue weighted by molar-refractivity contribution is 6.05. The van der Waals surface area contributed by atoms with E-state index >= 15 is 0 Å². The van der Waals surface area contributed by atoms with Crippen LogP contribution in [0.4, 0.5) is 0 Å². The summed E-state index contributed by atoms with van der Waals surface area (Å²) in [5.41, 5.74) is 2.85. The Balaban J connectivity index is 1.31. The van der Waals surface area contributed by atoms with Gasteiger partial charge in [0.05, 0.1) is 0 Å². The molecule has 5 rings (SSSR count). The van der Waals surface area contributed by atoms with E-state index in [9.17, 15) is 14.4 Å². The number of carbonyl (C=O) groups excluding carboxylic acids is 3. The Morgan fingerprint density at radius 2 is 1.93 bits per heavy atom. The number of carbonyl (C=O) groups is 3. The maximum Gasteiger partial charge on any atom is 0.255 e. The lowest BCUT2D eigenvalue weighted by atomic mass is 9.93. The minimum Gasteiger partial charge on any atom is -0.322 e. The molecule has 4 aliphatic rings. The minimum absolute atomic E-state index is 0.0889. The van der Waals surface area contributed by atoms with Gasteiger partial charge in [-0.3, -0.25) is 24.6 Å². The van der Waals surface area contributed by atoms with E-state index in [1.165, 1.54) is 32.1 Å². The van der Waals surface area contributed by atoms with Crippen LogP contribution in [-0.4, -0.2) is 58.7 Å². The van der Waals surface area contributed by atoms with Crippen LogP contribution >= 0.6 is 0 Å². The summed E-state index contributed by atoms with van der Waals surface area (Å²) in [7, 11) is 0. The van der Waals surface area contributed by atoms with Gasteiger partial charge >= 0.3 is 0 Å². The van der Waals surface area contributed by atoms with E-state index in [-0.39, 0.29) is 24.1 Å². The van der Waals surface area contributed by atoms with Crippen LogP contribution < -0.4 is 10.6 Å². The van der Waals surface area contributed by atoms with Gasteiger partial charge in [0.25, 0.3) is 5.91 Å². The third kappa shape index (κ3) is 3.65. The van der Waals surface area contributed by atoms with Crippen molar-refractivity contribution in [3.05, 3.63) is 34.9 Å². The molecule has 1 aromatic rings. The maximum absolute atomic E-state index is 13.1. The van der Waals surface area contributed by atoms with Crippen LogP contribution in [-0.2, 0) is 22.7 Å². The quantitative estimate of drug-likeness (QED) is 0.736. The first-order valence-electron chi connectivity index (χ1n) is 11.3. The monoisotopic (exact) mass is 410 g/mol. The molecule has 0 bridgehead atoms. The second-order valence-corrected chi connectivity index (χ2v) is 9.13. The number of piperidine rings is 2. The number of rotatable bonds is 4. The number of nitrogens with zero attached hydrogens (tertiary/aromatic N) is 2. The zero-order valence-corrected chi connectivity index (χ0v) is 17.4. The van der Waals surface area contributed by atoms with Gasteiger partial charge in [-0.25, -0.2) is 0 Å². The minimum atomic E-state index is -0.550. The standard InChI is InChI=1S/C23H30N4O3/c28-21-9-8-20(22(29)25-21)27-14-16-7-6-15(12-17(16)23(27)30)13-26-11-2-1-5-19(26)18-4-3-10-24-18/h6-7,12,18-20,24H,1-5,8-11,13-14H2,(H,25,28,29). The molecule has 4 aliphatic heterocycles. The summed E-state index contributed by atoms with van der Waals surface area (Å²) >= 11 is 0. The Kier molecular flexibility index (Phi) is 5.33. The predicted molar refractivity (Wildman–Crippen MR) is 112 cm³/mol. The predicted octanol–water partition coefficient (Wildman–Crippen LogP) is 1.55. The van der Waals surface area contributed by atoms with Gasteiger partial charge in [0.1, 0.15) is 6.04 Å². The fourth-order valence-electron chi connectivity index (χ4n) is 5.64. The summed E-state index contributed by atoms with van der Waals surface area (Å²) in [6, 6.07) is 6.81. The van der Waals surface area contributed by atoms with Crippen molar-refractivity contribution in [3.8, 4) is 0 Å². The molecule has 3 amide bonds. The van der Waals surface area contributed by atoms with Crippen molar-refractivity contribution in [3.63, 3.8) is 0 Å². The van der Waals surface area contributed by atoms with Gasteiger partial charge < -0.3 is 10.2 Å². The highest BCUT2D eigenvalue weighted by atomic mass is 16.2. The highest BCUT2D eigenvalue weighted by Gasteiger charge is 2.39. The summed E-state index contributed by atoms with van der Waals surface area (Å²) in [5, 5.41) is 6.04. The summed E-state index contributed by atoms with van der Waals surface area (Å²) in [4.78, 5) is 41.0. The number of hydrogen-bond donors (Lipinski definition) is 2. The van der Waals surface area contributed by atoms with E-state index < -0.39 is 6.04 Å². The van der Waals surface area contributed by atoms with E-state index in [0.29, 0.717) is 30.6 Å². The Labute approximate surface area is 177 Å². The molecular formula is C23H30N4O3. The summed E-state index contributed by atoms with van der Waals surface area (Å²) in [6.45, 7) is 3.54. The SMILES string of the molecule is O=C1CCC(N2Cc3ccc(CN4CCCCC4C4CCCN4)cc3C2=O)C(=O)N1. The molecule has 30 heavy (non-hydrogen) atoms. The summed E-state index contributed by atoms with van der Waals surface area (Å²) in [5.74, 6) is -0.697. The van der Waals surface area contributed by atoms with Crippen LogP contribution in [0.1, 0.15) is 66.4 Å². The Bertz CT molecular complexity index is 864. The molecule has 4 heterocycles. The molecule has 3 unspecified atom stereocenters. The highest BCUT2D eigenvalue weighted by Crippen LogP contribution is 2.30. The summed E-state index contributed by atoms with van der Waals surface area (Å²) < 4.78 is 0. The third-order valence-corrected chi connectivity index (χ3v) is 7.21. The number of likely N-dealkylation sites (tertiary alicyclic amines) is 1. The second kappa shape index (κ2) is 8.12. The molecule has 0 aliphatic carbocycles. The van der Waals surface area contributed by atoms with Crippen LogP contribution in [0, 0.1) is 0 Å². The number of amides is 3. The molecule has 0 radical (unpaired) electrons. The topological polar surface area (TPSA) is 81.8 Å². The van der Waals surface area contributed by atoms with Crippen molar-refractivity contribution in [2.24, 2.45) is 0 Å². The fourth-order valence-corrected chi connectivity index (χ4v) is 5.64. The molecule has 0 saturated carbocycles. The van der Waals surface area contributed by atoms with Crippen molar-refractivity contribution in [2.45, 2.75) is 76.2 Å². The Morgan fingerprint density at radius 1 is 1.03 bits per heavy atom. The van der Waals surface area contributed by atoms with Gasteiger partial charge in [-0.1, -0.05) is 18.6 Å². The molecule has 0 spiro atoms. The number of benzene rings is 1. The van der Waals surface area contributed by atoms with Crippen LogP contribution in [0.15, 0.2) is 18.2 Å². The van der Waals surface area contributed by atoms with Crippen LogP contribution in [0.3, 0.4) is 0 Å². The van der Waals surface area contributed by atoms with E-state index in [2.05, 4.69) is 21.6 Å². The number of fused-ring (bicyclic) bond motifs is 1. The molecule has 3 atom stereocenters. The third-order valence-electron chi connectivity index (χ3n) is 7.21. The average Bonchev–Trinajstić information content (AvgIpc) is 3.38. The van der Waals surface area contributed by atoms with Gasteiger partial charge in [-0.15, -0.1) is 0 Å². The second-order valence-electron chi connectivity index (χ2n) is 9.13. The largest absolute Gasteiger partial charge is 0.322 e.